The van der Waals surface area contributed by atoms with Crippen molar-refractivity contribution in [1.29, 1.82) is 0 Å². The predicted molar refractivity (Wildman–Crippen MR) is 102 cm³/mol. The molecule has 7 heteroatoms. The van der Waals surface area contributed by atoms with Gasteiger partial charge in [0, 0.05) is 46.3 Å². The van der Waals surface area contributed by atoms with Crippen molar-refractivity contribution < 1.29 is 9.53 Å². The van der Waals surface area contributed by atoms with E-state index in [1.807, 2.05) is 54.2 Å². The number of carbonyl (C=O) groups is 1. The van der Waals surface area contributed by atoms with E-state index in [4.69, 9.17) is 4.74 Å². The number of anilines is 2. The van der Waals surface area contributed by atoms with Gasteiger partial charge in [0.15, 0.2) is 5.82 Å². The highest BCUT2D eigenvalue weighted by atomic mass is 16.5. The van der Waals surface area contributed by atoms with Gasteiger partial charge in [-0.25, -0.2) is 0 Å². The van der Waals surface area contributed by atoms with E-state index in [0.29, 0.717) is 19.5 Å². The maximum Gasteiger partial charge on any atom is 0.227 e. The molecule has 0 radical (unpaired) electrons. The summed E-state index contributed by atoms with van der Waals surface area (Å²) < 4.78 is 5.15. The Bertz CT molecular complexity index is 740. The van der Waals surface area contributed by atoms with Crippen molar-refractivity contribution in [1.82, 2.24) is 15.1 Å². The molecule has 3 rings (SSSR count). The molecule has 1 aliphatic heterocycles. The van der Waals surface area contributed by atoms with Crippen molar-refractivity contribution >= 4 is 17.4 Å². The Balaban J connectivity index is 1.55. The van der Waals surface area contributed by atoms with Crippen LogP contribution in [0.15, 0.2) is 36.5 Å². The lowest BCUT2D eigenvalue weighted by Gasteiger charge is -2.35. The van der Waals surface area contributed by atoms with Crippen molar-refractivity contribution in [3.05, 3.63) is 42.1 Å². The first-order chi connectivity index (χ1) is 12.6. The molecule has 1 aromatic heterocycles. The minimum absolute atomic E-state index is 0.156. The molecule has 0 N–H and O–H groups in total. The smallest absolute Gasteiger partial charge is 0.227 e. The van der Waals surface area contributed by atoms with Crippen LogP contribution < -0.4 is 14.5 Å². The van der Waals surface area contributed by atoms with Gasteiger partial charge in [-0.3, -0.25) is 4.79 Å². The summed E-state index contributed by atoms with van der Waals surface area (Å²) in [7, 11) is 5.60. The summed E-state index contributed by atoms with van der Waals surface area (Å²) in [5.74, 6) is 1.82. The second-order valence-corrected chi connectivity index (χ2v) is 6.56. The van der Waals surface area contributed by atoms with E-state index >= 15 is 0 Å². The topological polar surface area (TPSA) is 61.8 Å². The summed E-state index contributed by atoms with van der Waals surface area (Å²) >= 11 is 0. The van der Waals surface area contributed by atoms with Crippen LogP contribution in [0.2, 0.25) is 0 Å². The fourth-order valence-corrected chi connectivity index (χ4v) is 2.96. The number of hydrogen-bond acceptors (Lipinski definition) is 6. The molecule has 1 saturated heterocycles. The van der Waals surface area contributed by atoms with E-state index in [-0.39, 0.29) is 5.91 Å². The summed E-state index contributed by atoms with van der Waals surface area (Å²) in [6.07, 6.45) is 2.16. The van der Waals surface area contributed by atoms with Crippen LogP contribution in [0.1, 0.15) is 5.56 Å². The minimum Gasteiger partial charge on any atom is -0.497 e. The first-order valence-electron chi connectivity index (χ1n) is 8.72. The minimum atomic E-state index is 0.156. The van der Waals surface area contributed by atoms with E-state index in [1.54, 1.807) is 13.3 Å². The van der Waals surface area contributed by atoms with Gasteiger partial charge in [0.1, 0.15) is 5.75 Å². The van der Waals surface area contributed by atoms with Gasteiger partial charge in [0.25, 0.3) is 0 Å². The number of aromatic nitrogens is 2. The van der Waals surface area contributed by atoms with Crippen molar-refractivity contribution in [2.45, 2.75) is 6.42 Å². The van der Waals surface area contributed by atoms with Gasteiger partial charge in [0.2, 0.25) is 5.91 Å². The highest BCUT2D eigenvalue weighted by Crippen LogP contribution is 2.19. The van der Waals surface area contributed by atoms with Crippen LogP contribution in [0, 0.1) is 0 Å². The molecule has 0 unspecified atom stereocenters. The highest BCUT2D eigenvalue weighted by molar-refractivity contribution is 5.79. The van der Waals surface area contributed by atoms with Gasteiger partial charge in [-0.05, 0) is 17.7 Å². The highest BCUT2D eigenvalue weighted by Gasteiger charge is 2.22. The van der Waals surface area contributed by atoms with Gasteiger partial charge < -0.3 is 19.4 Å². The quantitative estimate of drug-likeness (QED) is 0.809. The Hall–Kier alpha value is -2.83. The number of nitrogens with zero attached hydrogens (tertiary/aromatic N) is 5. The van der Waals surface area contributed by atoms with Crippen LogP contribution in [0.5, 0.6) is 5.75 Å². The largest absolute Gasteiger partial charge is 0.497 e. The van der Waals surface area contributed by atoms with E-state index in [1.165, 1.54) is 0 Å². The van der Waals surface area contributed by atoms with Gasteiger partial charge in [-0.1, -0.05) is 12.1 Å². The summed E-state index contributed by atoms with van der Waals surface area (Å²) in [6.45, 7) is 2.92. The van der Waals surface area contributed by atoms with Crippen molar-refractivity contribution in [2.75, 3.05) is 57.2 Å². The lowest BCUT2D eigenvalue weighted by Crippen LogP contribution is -2.49. The zero-order valence-electron chi connectivity index (χ0n) is 15.6. The molecule has 0 aliphatic carbocycles. The molecule has 2 heterocycles. The van der Waals surface area contributed by atoms with E-state index in [9.17, 15) is 4.79 Å². The Labute approximate surface area is 154 Å². The van der Waals surface area contributed by atoms with Crippen molar-refractivity contribution in [3.63, 3.8) is 0 Å². The molecule has 0 saturated carbocycles. The summed E-state index contributed by atoms with van der Waals surface area (Å²) in [5, 5.41) is 8.31. The number of ether oxygens (including phenoxy) is 1. The van der Waals surface area contributed by atoms with E-state index < -0.39 is 0 Å². The molecule has 1 aromatic carbocycles. The first-order valence-corrected chi connectivity index (χ1v) is 8.72. The van der Waals surface area contributed by atoms with Gasteiger partial charge in [0.05, 0.1) is 25.4 Å². The van der Waals surface area contributed by atoms with E-state index in [0.717, 1.165) is 35.9 Å². The van der Waals surface area contributed by atoms with Crippen LogP contribution >= 0.6 is 0 Å². The molecule has 2 aromatic rings. The van der Waals surface area contributed by atoms with Crippen LogP contribution in [-0.2, 0) is 11.2 Å². The molecule has 1 amide bonds. The van der Waals surface area contributed by atoms with Gasteiger partial charge in [-0.15, -0.1) is 5.10 Å². The number of piperazine rings is 1. The van der Waals surface area contributed by atoms with Crippen LogP contribution in [0.4, 0.5) is 11.5 Å². The fourth-order valence-electron chi connectivity index (χ4n) is 2.96. The molecule has 138 valence electrons. The number of methoxy groups -OCH3 is 1. The number of amides is 1. The monoisotopic (exact) mass is 355 g/mol. The molecule has 0 atom stereocenters. The Morgan fingerprint density at radius 1 is 1.15 bits per heavy atom. The molecule has 7 nitrogen and oxygen atoms in total. The maximum absolute atomic E-state index is 12.6. The first kappa shape index (κ1) is 18.0. The average Bonchev–Trinajstić information content (AvgIpc) is 2.68. The third-order valence-electron chi connectivity index (χ3n) is 4.61. The SMILES string of the molecule is COc1ccc(CC(=O)N2CCN(c3cc(N(C)C)cnn3)CC2)cc1. The summed E-state index contributed by atoms with van der Waals surface area (Å²) in [6, 6.07) is 9.68. The lowest BCUT2D eigenvalue weighted by molar-refractivity contribution is -0.130. The summed E-state index contributed by atoms with van der Waals surface area (Å²) in [4.78, 5) is 18.7. The number of benzene rings is 1. The molecule has 0 spiro atoms. The third-order valence-corrected chi connectivity index (χ3v) is 4.61. The standard InChI is InChI=1S/C19H25N5O2/c1-22(2)16-13-18(21-20-14-16)23-8-10-24(11-9-23)19(25)12-15-4-6-17(26-3)7-5-15/h4-7,13-14H,8-12H2,1-3H3. The molecule has 0 bridgehead atoms. The van der Waals surface area contributed by atoms with E-state index in [2.05, 4.69) is 15.1 Å². The van der Waals surface area contributed by atoms with Crippen LogP contribution in [-0.4, -0.2) is 68.4 Å². The molecular formula is C19H25N5O2. The average molecular weight is 355 g/mol. The van der Waals surface area contributed by atoms with Gasteiger partial charge in [-0.2, -0.15) is 5.10 Å². The van der Waals surface area contributed by atoms with Crippen LogP contribution in [0.3, 0.4) is 0 Å². The summed E-state index contributed by atoms with van der Waals surface area (Å²) in [5.41, 5.74) is 2.02. The molecule has 1 aliphatic rings. The predicted octanol–water partition coefficient (Wildman–Crippen LogP) is 1.44. The zero-order valence-corrected chi connectivity index (χ0v) is 15.6. The second-order valence-electron chi connectivity index (χ2n) is 6.56. The second kappa shape index (κ2) is 8.03. The van der Waals surface area contributed by atoms with Crippen LogP contribution in [0.25, 0.3) is 0 Å². The van der Waals surface area contributed by atoms with Gasteiger partial charge >= 0.3 is 0 Å². The Morgan fingerprint density at radius 2 is 1.85 bits per heavy atom. The number of carbonyl (C=O) groups excluding carboxylic acids is 1. The lowest BCUT2D eigenvalue weighted by atomic mass is 10.1. The number of hydrogen-bond donors (Lipinski definition) is 0. The number of rotatable bonds is 5. The van der Waals surface area contributed by atoms with Crippen molar-refractivity contribution in [2.24, 2.45) is 0 Å². The zero-order chi connectivity index (χ0) is 18.5. The molecule has 1 fully saturated rings. The Kier molecular flexibility index (Phi) is 5.55. The third kappa shape index (κ3) is 4.22. The molecular weight excluding hydrogens is 330 g/mol. The maximum atomic E-state index is 12.6. The van der Waals surface area contributed by atoms with Crippen molar-refractivity contribution in [3.8, 4) is 5.75 Å². The normalized spacial score (nSPS) is 14.3. The molecule has 26 heavy (non-hydrogen) atoms. The Morgan fingerprint density at radius 3 is 2.46 bits per heavy atom. The fraction of sp³-hybridized carbons (Fsp3) is 0.421.